The van der Waals surface area contributed by atoms with Crippen LogP contribution in [-0.4, -0.2) is 51.6 Å². The number of aryl methyl sites for hydroxylation is 1. The molecule has 0 spiro atoms. The molecule has 0 amide bonds. The fourth-order valence-electron chi connectivity index (χ4n) is 6.08. The van der Waals surface area contributed by atoms with Gasteiger partial charge < -0.3 is 23.7 Å². The maximum atomic E-state index is 14.3. The lowest BCUT2D eigenvalue weighted by Gasteiger charge is -2.42. The second-order valence-electron chi connectivity index (χ2n) is 11.2. The van der Waals surface area contributed by atoms with E-state index < -0.39 is 34.8 Å². The predicted molar refractivity (Wildman–Crippen MR) is 155 cm³/mol. The molecular weight excluding hydrogens is 562 g/mol. The maximum Gasteiger partial charge on any atom is 0.332 e. The van der Waals surface area contributed by atoms with Crippen molar-refractivity contribution >= 4 is 27.5 Å². The molecule has 222 valence electrons. The fourth-order valence-corrected chi connectivity index (χ4v) is 7.32. The summed E-state index contributed by atoms with van der Waals surface area (Å²) in [6.07, 6.45) is 4.16. The Morgan fingerprint density at radius 3 is 2.64 bits per heavy atom. The average Bonchev–Trinajstić information content (AvgIpc) is 3.62. The van der Waals surface area contributed by atoms with E-state index in [0.29, 0.717) is 45.5 Å². The summed E-state index contributed by atoms with van der Waals surface area (Å²) in [5, 5.41) is 10.1. The summed E-state index contributed by atoms with van der Waals surface area (Å²) in [4.78, 5) is 45.5. The number of hydrogen-bond acceptors (Lipinski definition) is 9. The summed E-state index contributed by atoms with van der Waals surface area (Å²) in [7, 11) is 1.59. The minimum absolute atomic E-state index is 0.0818. The molecule has 1 N–H and O–H groups in total. The third kappa shape index (κ3) is 4.87. The number of nitrogens with zero attached hydrogens (tertiary/aromatic N) is 3. The van der Waals surface area contributed by atoms with Crippen LogP contribution in [0, 0.1) is 12.3 Å². The number of carboxylic acid groups (broad SMARTS) is 1. The molecule has 6 rings (SSSR count). The molecule has 11 nitrogen and oxygen atoms in total. The van der Waals surface area contributed by atoms with Gasteiger partial charge in [0.1, 0.15) is 22.9 Å². The number of hydrogen-bond donors (Lipinski definition) is 1. The van der Waals surface area contributed by atoms with Crippen molar-refractivity contribution in [1.29, 1.82) is 0 Å². The number of aromatic nitrogens is 3. The molecule has 2 fully saturated rings. The summed E-state index contributed by atoms with van der Waals surface area (Å²) < 4.78 is 26.3. The number of fused-ring (bicyclic) bond motifs is 1. The van der Waals surface area contributed by atoms with Gasteiger partial charge in [-0.05, 0) is 51.2 Å². The van der Waals surface area contributed by atoms with Crippen LogP contribution >= 0.6 is 11.3 Å². The largest absolute Gasteiger partial charge is 0.496 e. The highest BCUT2D eigenvalue weighted by Gasteiger charge is 2.48. The predicted octanol–water partition coefficient (Wildman–Crippen LogP) is 4.56. The minimum atomic E-state index is -0.991. The number of rotatable bonds is 9. The Morgan fingerprint density at radius 2 is 1.98 bits per heavy atom. The second kappa shape index (κ2) is 11.2. The van der Waals surface area contributed by atoms with Crippen LogP contribution in [0.25, 0.3) is 21.0 Å². The molecule has 1 atom stereocenters. The maximum absolute atomic E-state index is 14.3. The molecule has 0 unspecified atom stereocenters. The number of benzene rings is 1. The highest BCUT2D eigenvalue weighted by molar-refractivity contribution is 7.22. The first kappa shape index (κ1) is 28.4. The smallest absolute Gasteiger partial charge is 0.332 e. The van der Waals surface area contributed by atoms with Gasteiger partial charge in [0.05, 0.1) is 41.6 Å². The van der Waals surface area contributed by atoms with Gasteiger partial charge in [0.25, 0.3) is 5.56 Å². The van der Waals surface area contributed by atoms with Gasteiger partial charge in [-0.2, -0.15) is 0 Å². The topological polar surface area (TPSA) is 135 Å². The molecule has 1 aromatic carbocycles. The van der Waals surface area contributed by atoms with E-state index in [9.17, 15) is 19.5 Å². The lowest BCUT2D eigenvalue weighted by molar-refractivity contribution is -0.155. The van der Waals surface area contributed by atoms with Gasteiger partial charge in [-0.15, -0.1) is 11.3 Å². The highest BCUT2D eigenvalue weighted by atomic mass is 32.1. The van der Waals surface area contributed by atoms with Gasteiger partial charge in [0.2, 0.25) is 5.89 Å². The SMILES string of the molecule is COc1ccccc1[C@H](Cn1c(=O)n([C@H]2C[C@](C)(C(=O)O)C2)c(=O)c2c(C)c(-c3ncco3)sc21)OC1CCOCC1. The first-order chi connectivity index (χ1) is 20.2. The molecule has 0 radical (unpaired) electrons. The molecule has 1 aliphatic carbocycles. The molecule has 4 heterocycles. The molecule has 42 heavy (non-hydrogen) atoms. The Hall–Kier alpha value is -3.74. The Bertz CT molecular complexity index is 1730. The van der Waals surface area contributed by atoms with Crippen molar-refractivity contribution in [2.24, 2.45) is 5.41 Å². The molecule has 12 heteroatoms. The van der Waals surface area contributed by atoms with Crippen LogP contribution in [-0.2, 0) is 20.8 Å². The number of carbonyl (C=O) groups is 1. The molecule has 3 aromatic heterocycles. The van der Waals surface area contributed by atoms with Crippen LogP contribution in [0.1, 0.15) is 55.9 Å². The van der Waals surface area contributed by atoms with Gasteiger partial charge in [-0.1, -0.05) is 18.2 Å². The van der Waals surface area contributed by atoms with Crippen molar-refractivity contribution in [3.63, 3.8) is 0 Å². The third-order valence-electron chi connectivity index (χ3n) is 8.48. The molecule has 4 aromatic rings. The van der Waals surface area contributed by atoms with Crippen LogP contribution in [0.5, 0.6) is 5.75 Å². The van der Waals surface area contributed by atoms with E-state index in [0.717, 1.165) is 18.4 Å². The van der Waals surface area contributed by atoms with Gasteiger partial charge in [0, 0.05) is 24.8 Å². The van der Waals surface area contributed by atoms with E-state index in [1.807, 2.05) is 31.2 Å². The Labute approximate surface area is 245 Å². The lowest BCUT2D eigenvalue weighted by Crippen LogP contribution is -2.51. The summed E-state index contributed by atoms with van der Waals surface area (Å²) in [6.45, 7) is 4.75. The van der Waals surface area contributed by atoms with Crippen LogP contribution in [0.4, 0.5) is 0 Å². The fraction of sp³-hybridized carbons (Fsp3) is 0.467. The van der Waals surface area contributed by atoms with Crippen LogP contribution in [0.2, 0.25) is 0 Å². The average molecular weight is 596 g/mol. The van der Waals surface area contributed by atoms with Gasteiger partial charge >= 0.3 is 11.7 Å². The van der Waals surface area contributed by atoms with Crippen molar-refractivity contribution in [3.8, 4) is 16.5 Å². The first-order valence-corrected chi connectivity index (χ1v) is 14.8. The van der Waals surface area contributed by atoms with Crippen LogP contribution in [0.15, 0.2) is 50.7 Å². The number of oxazole rings is 1. The molecule has 1 aliphatic heterocycles. The quantitative estimate of drug-likeness (QED) is 0.295. The number of ether oxygens (including phenoxy) is 3. The number of aliphatic carboxylic acids is 1. The Kier molecular flexibility index (Phi) is 7.54. The lowest BCUT2D eigenvalue weighted by atomic mass is 9.67. The number of carboxylic acids is 1. The number of para-hydroxylation sites is 1. The zero-order valence-electron chi connectivity index (χ0n) is 23.7. The normalized spacial score (nSPS) is 21.7. The van der Waals surface area contributed by atoms with Gasteiger partial charge in [-0.25, -0.2) is 9.78 Å². The van der Waals surface area contributed by atoms with Crippen molar-refractivity contribution < 1.29 is 28.5 Å². The Balaban J connectivity index is 1.52. The van der Waals surface area contributed by atoms with E-state index in [2.05, 4.69) is 4.98 Å². The minimum Gasteiger partial charge on any atom is -0.496 e. The number of methoxy groups -OCH3 is 1. The summed E-state index contributed by atoms with van der Waals surface area (Å²) in [5.74, 6) is 0.0545. The summed E-state index contributed by atoms with van der Waals surface area (Å²) >= 11 is 1.27. The zero-order chi connectivity index (χ0) is 29.6. The van der Waals surface area contributed by atoms with E-state index in [1.54, 1.807) is 18.6 Å². The third-order valence-corrected chi connectivity index (χ3v) is 9.79. The van der Waals surface area contributed by atoms with E-state index >= 15 is 0 Å². The van der Waals surface area contributed by atoms with Crippen molar-refractivity contribution in [2.75, 3.05) is 20.3 Å². The molecular formula is C30H33N3O8S. The standard InChI is InChI=1S/C30H33N3O8S/c1-17-23-26(34)33(18-14-30(2,15-18)28(35)36)29(37)32(27(23)42-24(17)25-31-10-13-40-25)16-22(41-19-8-11-39-12-9-19)20-6-4-5-7-21(20)38-3/h4-7,10,13,18-19,22H,8-9,11-12,14-16H2,1-3H3,(H,35,36)/t18-,22-,30-/m0/s1. The second-order valence-corrected chi connectivity index (χ2v) is 12.2. The zero-order valence-corrected chi connectivity index (χ0v) is 24.5. The highest BCUT2D eigenvalue weighted by Crippen LogP contribution is 2.48. The van der Waals surface area contributed by atoms with Crippen molar-refractivity contribution in [3.05, 3.63) is 68.7 Å². The summed E-state index contributed by atoms with van der Waals surface area (Å²) in [5.41, 5.74) is -0.484. The number of thiophene rings is 1. The van der Waals surface area contributed by atoms with Gasteiger partial charge in [-0.3, -0.25) is 18.7 Å². The molecule has 2 aliphatic rings. The first-order valence-electron chi connectivity index (χ1n) is 14.0. The Morgan fingerprint density at radius 1 is 1.24 bits per heavy atom. The van der Waals surface area contributed by atoms with Crippen LogP contribution in [0.3, 0.4) is 0 Å². The van der Waals surface area contributed by atoms with Crippen LogP contribution < -0.4 is 16.0 Å². The van der Waals surface area contributed by atoms with E-state index in [4.69, 9.17) is 18.6 Å². The van der Waals surface area contributed by atoms with Crippen molar-refractivity contribution in [2.45, 2.75) is 64.3 Å². The van der Waals surface area contributed by atoms with E-state index in [1.165, 1.54) is 28.4 Å². The molecule has 1 saturated heterocycles. The van der Waals surface area contributed by atoms with E-state index in [-0.39, 0.29) is 25.5 Å². The molecule has 0 bridgehead atoms. The monoisotopic (exact) mass is 595 g/mol. The van der Waals surface area contributed by atoms with Crippen molar-refractivity contribution in [1.82, 2.24) is 14.1 Å². The van der Waals surface area contributed by atoms with Gasteiger partial charge in [0.15, 0.2) is 0 Å². The molecule has 1 saturated carbocycles. The summed E-state index contributed by atoms with van der Waals surface area (Å²) in [6, 6.07) is 7.01.